The van der Waals surface area contributed by atoms with Crippen molar-refractivity contribution < 1.29 is 23.8 Å². The maximum atomic E-state index is 14.0. The van der Waals surface area contributed by atoms with Crippen molar-refractivity contribution in [3.63, 3.8) is 0 Å². The monoisotopic (exact) mass is 392 g/mol. The molecule has 8 heteroatoms. The average Bonchev–Trinajstić information content (AvgIpc) is 3.20. The zero-order valence-electron chi connectivity index (χ0n) is 15.3. The number of amides is 1. The molecule has 3 rings (SSSR count). The fraction of sp³-hybridized carbons (Fsp3) is 0.421. The van der Waals surface area contributed by atoms with Crippen molar-refractivity contribution in [1.82, 2.24) is 9.88 Å². The molecule has 1 amide bonds. The third kappa shape index (κ3) is 4.44. The van der Waals surface area contributed by atoms with Gasteiger partial charge < -0.3 is 9.84 Å². The Morgan fingerprint density at radius 1 is 1.30 bits per heavy atom. The second-order valence-electron chi connectivity index (χ2n) is 7.43. The van der Waals surface area contributed by atoms with E-state index in [2.05, 4.69) is 4.98 Å². The molecule has 6 nitrogen and oxygen atoms in total. The number of alkyl halides is 1. The average molecular weight is 392 g/mol. The first-order chi connectivity index (χ1) is 12.6. The number of benzene rings is 1. The number of carbonyl (C=O) groups is 2. The molecule has 1 fully saturated rings. The van der Waals surface area contributed by atoms with Gasteiger partial charge in [-0.15, -0.1) is 11.3 Å². The van der Waals surface area contributed by atoms with E-state index in [9.17, 15) is 14.0 Å². The van der Waals surface area contributed by atoms with Crippen LogP contribution in [0, 0.1) is 0 Å². The van der Waals surface area contributed by atoms with Crippen LogP contribution in [0.5, 0.6) is 0 Å². The number of halogens is 1. The van der Waals surface area contributed by atoms with Crippen LogP contribution in [-0.2, 0) is 4.74 Å². The Labute approximate surface area is 160 Å². The van der Waals surface area contributed by atoms with E-state index in [-0.39, 0.29) is 18.5 Å². The second-order valence-corrected chi connectivity index (χ2v) is 8.32. The minimum atomic E-state index is -1.12. The standard InChI is InChI=1S/C19H21FN2O4S/c1-19(2,3)26-18(25)22-9-13(20)8-15(22)16-21-14(10-27-16)11-4-6-12(7-5-11)17(23)24/h4-7,10,13,15H,8-9H2,1-3H3,(H,23,24). The molecule has 0 saturated carbocycles. The van der Waals surface area contributed by atoms with Gasteiger partial charge in [0.25, 0.3) is 0 Å². The molecule has 2 atom stereocenters. The summed E-state index contributed by atoms with van der Waals surface area (Å²) in [5, 5.41) is 11.4. The first kappa shape index (κ1) is 19.3. The molecule has 0 bridgehead atoms. The van der Waals surface area contributed by atoms with E-state index >= 15 is 0 Å². The third-order valence-electron chi connectivity index (χ3n) is 4.11. The first-order valence-electron chi connectivity index (χ1n) is 8.57. The van der Waals surface area contributed by atoms with Gasteiger partial charge in [-0.25, -0.2) is 19.0 Å². The molecule has 0 spiro atoms. The van der Waals surface area contributed by atoms with Crippen molar-refractivity contribution in [2.75, 3.05) is 6.54 Å². The Kier molecular flexibility index (Phi) is 5.19. The molecule has 27 heavy (non-hydrogen) atoms. The topological polar surface area (TPSA) is 79.7 Å². The van der Waals surface area contributed by atoms with Crippen molar-refractivity contribution in [1.29, 1.82) is 0 Å². The quantitative estimate of drug-likeness (QED) is 0.830. The van der Waals surface area contributed by atoms with E-state index in [1.165, 1.54) is 28.4 Å². The van der Waals surface area contributed by atoms with E-state index < -0.39 is 29.9 Å². The normalized spacial score (nSPS) is 19.9. The fourth-order valence-electron chi connectivity index (χ4n) is 2.90. The van der Waals surface area contributed by atoms with Gasteiger partial charge in [-0.2, -0.15) is 0 Å². The van der Waals surface area contributed by atoms with Crippen LogP contribution in [0.3, 0.4) is 0 Å². The largest absolute Gasteiger partial charge is 0.478 e. The number of nitrogens with zero attached hydrogens (tertiary/aromatic N) is 2. The number of hydrogen-bond acceptors (Lipinski definition) is 5. The molecule has 1 saturated heterocycles. The van der Waals surface area contributed by atoms with Gasteiger partial charge in [-0.3, -0.25) is 4.90 Å². The molecule has 2 heterocycles. The van der Waals surface area contributed by atoms with E-state index in [0.29, 0.717) is 10.7 Å². The van der Waals surface area contributed by atoms with Crippen LogP contribution in [0.2, 0.25) is 0 Å². The summed E-state index contributed by atoms with van der Waals surface area (Å²) < 4.78 is 19.4. The predicted molar refractivity (Wildman–Crippen MR) is 99.7 cm³/mol. The zero-order chi connectivity index (χ0) is 19.8. The first-order valence-corrected chi connectivity index (χ1v) is 9.45. The lowest BCUT2D eigenvalue weighted by atomic mass is 10.1. The smallest absolute Gasteiger partial charge is 0.410 e. The van der Waals surface area contributed by atoms with E-state index in [4.69, 9.17) is 9.84 Å². The van der Waals surface area contributed by atoms with E-state index in [1.807, 2.05) is 5.38 Å². The summed E-state index contributed by atoms with van der Waals surface area (Å²) in [6.07, 6.45) is -1.48. The highest BCUT2D eigenvalue weighted by Crippen LogP contribution is 2.37. The zero-order valence-corrected chi connectivity index (χ0v) is 16.1. The number of carboxylic acids is 1. The summed E-state index contributed by atoms with van der Waals surface area (Å²) in [5.74, 6) is -0.992. The van der Waals surface area contributed by atoms with Gasteiger partial charge in [-0.1, -0.05) is 12.1 Å². The maximum absolute atomic E-state index is 14.0. The lowest BCUT2D eigenvalue weighted by Crippen LogP contribution is -2.36. The molecule has 1 aromatic heterocycles. The third-order valence-corrected chi connectivity index (χ3v) is 5.06. The number of thiazole rings is 1. The number of carboxylic acid groups (broad SMARTS) is 1. The van der Waals surface area contributed by atoms with Gasteiger partial charge in [0.1, 0.15) is 16.8 Å². The summed E-state index contributed by atoms with van der Waals surface area (Å²) >= 11 is 1.35. The minimum absolute atomic E-state index is 0.0121. The number of likely N-dealkylation sites (tertiary alicyclic amines) is 1. The van der Waals surface area contributed by atoms with Crippen LogP contribution in [0.15, 0.2) is 29.6 Å². The van der Waals surface area contributed by atoms with Crippen molar-refractivity contribution >= 4 is 23.4 Å². The Bertz CT molecular complexity index is 844. The lowest BCUT2D eigenvalue weighted by Gasteiger charge is -2.27. The highest BCUT2D eigenvalue weighted by Gasteiger charge is 2.40. The number of carbonyl (C=O) groups excluding carboxylic acids is 1. The SMILES string of the molecule is CC(C)(C)OC(=O)N1CC(F)CC1c1nc(-c2ccc(C(=O)O)cc2)cs1. The van der Waals surface area contributed by atoms with Crippen molar-refractivity contribution in [2.45, 2.75) is 45.0 Å². The van der Waals surface area contributed by atoms with Crippen LogP contribution < -0.4 is 0 Å². The number of rotatable bonds is 3. The summed E-state index contributed by atoms with van der Waals surface area (Å²) in [7, 11) is 0. The van der Waals surface area contributed by atoms with Crippen molar-refractivity contribution in [3.05, 3.63) is 40.2 Å². The Hall–Kier alpha value is -2.48. The number of ether oxygens (including phenoxy) is 1. The van der Waals surface area contributed by atoms with E-state index in [0.717, 1.165) is 5.56 Å². The molecule has 1 N–H and O–H groups in total. The van der Waals surface area contributed by atoms with Crippen LogP contribution in [0.4, 0.5) is 9.18 Å². The molecule has 144 valence electrons. The molecule has 1 aliphatic rings. The molecular weight excluding hydrogens is 371 g/mol. The van der Waals surface area contributed by atoms with Gasteiger partial charge in [0, 0.05) is 17.4 Å². The second kappa shape index (κ2) is 7.26. The lowest BCUT2D eigenvalue weighted by molar-refractivity contribution is 0.0216. The molecule has 2 unspecified atom stereocenters. The van der Waals surface area contributed by atoms with Gasteiger partial charge in [0.2, 0.25) is 0 Å². The van der Waals surface area contributed by atoms with Gasteiger partial charge in [-0.05, 0) is 32.9 Å². The van der Waals surface area contributed by atoms with Crippen LogP contribution in [-0.4, -0.2) is 45.4 Å². The minimum Gasteiger partial charge on any atom is -0.478 e. The van der Waals surface area contributed by atoms with Crippen LogP contribution in [0.25, 0.3) is 11.3 Å². The van der Waals surface area contributed by atoms with Crippen molar-refractivity contribution in [3.8, 4) is 11.3 Å². The highest BCUT2D eigenvalue weighted by atomic mass is 32.1. The summed E-state index contributed by atoms with van der Waals surface area (Å²) in [5.41, 5.74) is 0.969. The molecular formula is C19H21FN2O4S. The Morgan fingerprint density at radius 3 is 2.56 bits per heavy atom. The van der Waals surface area contributed by atoms with Crippen molar-refractivity contribution in [2.24, 2.45) is 0 Å². The Morgan fingerprint density at radius 2 is 1.96 bits per heavy atom. The van der Waals surface area contributed by atoms with Gasteiger partial charge in [0.05, 0.1) is 23.8 Å². The molecule has 2 aromatic rings. The molecule has 0 radical (unpaired) electrons. The molecule has 0 aliphatic carbocycles. The number of aromatic nitrogens is 1. The maximum Gasteiger partial charge on any atom is 0.410 e. The Balaban J connectivity index is 1.81. The van der Waals surface area contributed by atoms with Gasteiger partial charge in [0.15, 0.2) is 0 Å². The van der Waals surface area contributed by atoms with Gasteiger partial charge >= 0.3 is 12.1 Å². The van der Waals surface area contributed by atoms with E-state index in [1.54, 1.807) is 32.9 Å². The predicted octanol–water partition coefficient (Wildman–Crippen LogP) is 4.53. The molecule has 1 aromatic carbocycles. The molecule has 1 aliphatic heterocycles. The van der Waals surface area contributed by atoms with Crippen LogP contribution in [0.1, 0.15) is 48.6 Å². The summed E-state index contributed by atoms with van der Waals surface area (Å²) in [6, 6.07) is 5.92. The van der Waals surface area contributed by atoms with Crippen LogP contribution >= 0.6 is 11.3 Å². The summed E-state index contributed by atoms with van der Waals surface area (Å²) in [6.45, 7) is 5.30. The number of aromatic carboxylic acids is 1. The number of hydrogen-bond donors (Lipinski definition) is 1. The summed E-state index contributed by atoms with van der Waals surface area (Å²) in [4.78, 5) is 29.3. The highest BCUT2D eigenvalue weighted by molar-refractivity contribution is 7.10. The fourth-order valence-corrected chi connectivity index (χ4v) is 3.85.